The summed E-state index contributed by atoms with van der Waals surface area (Å²) in [6, 6.07) is 3.88. The number of aliphatic hydroxyl groups excluding tert-OH is 1. The Morgan fingerprint density at radius 2 is 2.25 bits per heavy atom. The third-order valence-electron chi connectivity index (χ3n) is 2.60. The fourth-order valence-electron chi connectivity index (χ4n) is 1.56. The molecule has 0 spiro atoms. The van der Waals surface area contributed by atoms with Gasteiger partial charge in [0.1, 0.15) is 0 Å². The van der Waals surface area contributed by atoms with Crippen molar-refractivity contribution in [3.05, 3.63) is 36.7 Å². The van der Waals surface area contributed by atoms with Crippen molar-refractivity contribution in [2.75, 3.05) is 18.0 Å². The summed E-state index contributed by atoms with van der Waals surface area (Å²) in [6.45, 7) is 9.50. The quantitative estimate of drug-likeness (QED) is 0.748. The van der Waals surface area contributed by atoms with Gasteiger partial charge in [0.2, 0.25) is 0 Å². The molecule has 1 aromatic heterocycles. The van der Waals surface area contributed by atoms with Crippen molar-refractivity contribution >= 4 is 5.69 Å². The number of pyridine rings is 1. The molecule has 16 heavy (non-hydrogen) atoms. The summed E-state index contributed by atoms with van der Waals surface area (Å²) in [6.07, 6.45) is 3.92. The van der Waals surface area contributed by atoms with Crippen LogP contribution in [0.25, 0.3) is 0 Å². The Kier molecular flexibility index (Phi) is 4.99. The first kappa shape index (κ1) is 12.7. The summed E-state index contributed by atoms with van der Waals surface area (Å²) in [4.78, 5) is 6.44. The van der Waals surface area contributed by atoms with Crippen LogP contribution >= 0.6 is 0 Å². The number of hydrogen-bond donors (Lipinski definition) is 1. The summed E-state index contributed by atoms with van der Waals surface area (Å²) < 4.78 is 0. The molecular formula is C13H20N2O. The maximum absolute atomic E-state index is 9.63. The number of nitrogens with zero attached hydrogens (tertiary/aromatic N) is 2. The van der Waals surface area contributed by atoms with Gasteiger partial charge in [-0.15, -0.1) is 6.58 Å². The Balaban J connectivity index is 2.80. The second kappa shape index (κ2) is 6.28. The van der Waals surface area contributed by atoms with Gasteiger partial charge in [-0.2, -0.15) is 0 Å². The van der Waals surface area contributed by atoms with E-state index in [-0.39, 0.29) is 0 Å². The topological polar surface area (TPSA) is 36.4 Å². The summed E-state index contributed by atoms with van der Waals surface area (Å²) in [5.41, 5.74) is 1.80. The monoisotopic (exact) mass is 220 g/mol. The van der Waals surface area contributed by atoms with E-state index in [0.717, 1.165) is 24.5 Å². The van der Waals surface area contributed by atoms with Crippen LogP contribution in [0.4, 0.5) is 5.69 Å². The van der Waals surface area contributed by atoms with Gasteiger partial charge >= 0.3 is 0 Å². The van der Waals surface area contributed by atoms with Crippen LogP contribution in [0.15, 0.2) is 31.0 Å². The SMILES string of the molecule is C=CCN(CC)c1ccc([C@@H](O)CC)nc1. The molecule has 0 aromatic carbocycles. The number of aliphatic hydroxyl groups is 1. The van der Waals surface area contributed by atoms with Gasteiger partial charge in [-0.25, -0.2) is 0 Å². The molecule has 0 aliphatic heterocycles. The lowest BCUT2D eigenvalue weighted by Crippen LogP contribution is -2.22. The molecule has 0 aliphatic rings. The van der Waals surface area contributed by atoms with Crippen molar-refractivity contribution in [2.45, 2.75) is 26.4 Å². The summed E-state index contributed by atoms with van der Waals surface area (Å²) in [7, 11) is 0. The fraction of sp³-hybridized carbons (Fsp3) is 0.462. The molecule has 0 saturated carbocycles. The lowest BCUT2D eigenvalue weighted by molar-refractivity contribution is 0.169. The van der Waals surface area contributed by atoms with Gasteiger partial charge in [0, 0.05) is 13.1 Å². The minimum absolute atomic E-state index is 0.455. The van der Waals surface area contributed by atoms with Gasteiger partial charge in [-0.05, 0) is 25.5 Å². The second-order valence-electron chi connectivity index (χ2n) is 3.69. The van der Waals surface area contributed by atoms with E-state index in [1.807, 2.05) is 25.1 Å². The average molecular weight is 220 g/mol. The van der Waals surface area contributed by atoms with Gasteiger partial charge in [-0.3, -0.25) is 4.98 Å². The first-order chi connectivity index (χ1) is 7.72. The van der Waals surface area contributed by atoms with Crippen molar-refractivity contribution in [2.24, 2.45) is 0 Å². The number of hydrogen-bond acceptors (Lipinski definition) is 3. The molecular weight excluding hydrogens is 200 g/mol. The van der Waals surface area contributed by atoms with Crippen molar-refractivity contribution in [1.29, 1.82) is 0 Å². The highest BCUT2D eigenvalue weighted by molar-refractivity contribution is 5.45. The van der Waals surface area contributed by atoms with E-state index < -0.39 is 6.10 Å². The molecule has 1 N–H and O–H groups in total. The molecule has 0 radical (unpaired) electrons. The van der Waals surface area contributed by atoms with E-state index in [4.69, 9.17) is 0 Å². The average Bonchev–Trinajstić information content (AvgIpc) is 2.35. The van der Waals surface area contributed by atoms with Gasteiger partial charge in [0.05, 0.1) is 23.7 Å². The number of rotatable bonds is 6. The van der Waals surface area contributed by atoms with Crippen LogP contribution in [-0.4, -0.2) is 23.2 Å². The van der Waals surface area contributed by atoms with Gasteiger partial charge in [0.15, 0.2) is 0 Å². The Morgan fingerprint density at radius 3 is 2.69 bits per heavy atom. The van der Waals surface area contributed by atoms with Gasteiger partial charge in [0.25, 0.3) is 0 Å². The molecule has 0 bridgehead atoms. The van der Waals surface area contributed by atoms with Crippen LogP contribution in [0.5, 0.6) is 0 Å². The van der Waals surface area contributed by atoms with Crippen LogP contribution in [0.2, 0.25) is 0 Å². The molecule has 0 unspecified atom stereocenters. The Hall–Kier alpha value is -1.35. The van der Waals surface area contributed by atoms with Crippen LogP contribution in [-0.2, 0) is 0 Å². The maximum Gasteiger partial charge on any atom is 0.0957 e. The van der Waals surface area contributed by atoms with Crippen LogP contribution < -0.4 is 4.90 Å². The Labute approximate surface area is 97.4 Å². The molecule has 1 aromatic rings. The third-order valence-corrected chi connectivity index (χ3v) is 2.60. The van der Waals surface area contributed by atoms with Crippen molar-refractivity contribution in [3.63, 3.8) is 0 Å². The number of aromatic nitrogens is 1. The first-order valence-corrected chi connectivity index (χ1v) is 5.72. The highest BCUT2D eigenvalue weighted by Gasteiger charge is 2.07. The largest absolute Gasteiger partial charge is 0.387 e. The Bertz CT molecular complexity index is 321. The molecule has 0 fully saturated rings. The zero-order valence-corrected chi connectivity index (χ0v) is 10.1. The maximum atomic E-state index is 9.63. The van der Waals surface area contributed by atoms with E-state index in [2.05, 4.69) is 23.4 Å². The van der Waals surface area contributed by atoms with Crippen molar-refractivity contribution < 1.29 is 5.11 Å². The fourth-order valence-corrected chi connectivity index (χ4v) is 1.56. The minimum Gasteiger partial charge on any atom is -0.387 e. The van der Waals surface area contributed by atoms with E-state index in [0.29, 0.717) is 6.42 Å². The summed E-state index contributed by atoms with van der Waals surface area (Å²) in [5.74, 6) is 0. The lowest BCUT2D eigenvalue weighted by atomic mass is 10.2. The highest BCUT2D eigenvalue weighted by Crippen LogP contribution is 2.18. The van der Waals surface area contributed by atoms with Crippen molar-refractivity contribution in [3.8, 4) is 0 Å². The lowest BCUT2D eigenvalue weighted by Gasteiger charge is -2.21. The molecule has 3 nitrogen and oxygen atoms in total. The van der Waals surface area contributed by atoms with E-state index in [1.165, 1.54) is 0 Å². The number of likely N-dealkylation sites (N-methyl/N-ethyl adjacent to an activating group) is 1. The van der Waals surface area contributed by atoms with Gasteiger partial charge in [-0.1, -0.05) is 13.0 Å². The third kappa shape index (κ3) is 3.07. The van der Waals surface area contributed by atoms with E-state index >= 15 is 0 Å². The first-order valence-electron chi connectivity index (χ1n) is 5.72. The summed E-state index contributed by atoms with van der Waals surface area (Å²) in [5, 5.41) is 9.63. The minimum atomic E-state index is -0.455. The molecule has 0 aliphatic carbocycles. The predicted octanol–water partition coefficient (Wildman–Crippen LogP) is 2.54. The van der Waals surface area contributed by atoms with Gasteiger partial charge < -0.3 is 10.0 Å². The molecule has 1 rings (SSSR count). The zero-order chi connectivity index (χ0) is 12.0. The molecule has 1 heterocycles. The standard InChI is InChI=1S/C13H20N2O/c1-4-9-15(6-3)11-7-8-12(14-10-11)13(16)5-2/h4,7-8,10,13,16H,1,5-6,9H2,2-3H3/t13-/m0/s1. The summed E-state index contributed by atoms with van der Waals surface area (Å²) >= 11 is 0. The van der Waals surface area contributed by atoms with E-state index in [9.17, 15) is 5.11 Å². The molecule has 1 atom stereocenters. The van der Waals surface area contributed by atoms with Crippen molar-refractivity contribution in [1.82, 2.24) is 4.98 Å². The van der Waals surface area contributed by atoms with Crippen LogP contribution in [0, 0.1) is 0 Å². The smallest absolute Gasteiger partial charge is 0.0957 e. The van der Waals surface area contributed by atoms with E-state index in [1.54, 1.807) is 6.20 Å². The van der Waals surface area contributed by atoms with Crippen LogP contribution in [0.1, 0.15) is 32.1 Å². The van der Waals surface area contributed by atoms with Crippen LogP contribution in [0.3, 0.4) is 0 Å². The highest BCUT2D eigenvalue weighted by atomic mass is 16.3. The number of anilines is 1. The normalized spacial score (nSPS) is 12.2. The zero-order valence-electron chi connectivity index (χ0n) is 10.1. The second-order valence-corrected chi connectivity index (χ2v) is 3.69. The molecule has 88 valence electrons. The Morgan fingerprint density at radius 1 is 1.50 bits per heavy atom. The molecule has 0 saturated heterocycles. The molecule has 0 amide bonds. The molecule has 3 heteroatoms. The predicted molar refractivity (Wildman–Crippen MR) is 67.6 cm³/mol.